The first-order chi connectivity index (χ1) is 15.0. The second-order valence-electron chi connectivity index (χ2n) is 6.86. The quantitative estimate of drug-likeness (QED) is 0.510. The molecule has 0 aliphatic heterocycles. The monoisotopic (exact) mass is 413 g/mol. The molecule has 0 aliphatic carbocycles. The fraction of sp³-hybridized carbons (Fsp3) is 0.0800. The van der Waals surface area contributed by atoms with Crippen molar-refractivity contribution in [3.8, 4) is 0 Å². The third-order valence-corrected chi connectivity index (χ3v) is 4.40. The van der Waals surface area contributed by atoms with E-state index in [-0.39, 0.29) is 17.7 Å². The lowest BCUT2D eigenvalue weighted by Gasteiger charge is -2.14. The molecule has 6 nitrogen and oxygen atoms in total. The van der Waals surface area contributed by atoms with Gasteiger partial charge in [0.1, 0.15) is 6.04 Å². The highest BCUT2D eigenvalue weighted by Crippen LogP contribution is 2.16. The summed E-state index contributed by atoms with van der Waals surface area (Å²) in [4.78, 5) is 36.8. The van der Waals surface area contributed by atoms with E-state index in [2.05, 4.69) is 16.0 Å². The van der Waals surface area contributed by atoms with Gasteiger partial charge in [-0.15, -0.1) is 0 Å². The summed E-state index contributed by atoms with van der Waals surface area (Å²) in [7, 11) is 0. The highest BCUT2D eigenvalue weighted by Gasteiger charge is 2.15. The first kappa shape index (κ1) is 21.5. The number of hydrogen-bond donors (Lipinski definition) is 3. The molecule has 0 saturated heterocycles. The highest BCUT2D eigenvalue weighted by molar-refractivity contribution is 6.05. The minimum atomic E-state index is -0.740. The van der Waals surface area contributed by atoms with Gasteiger partial charge in [0.15, 0.2) is 0 Å². The Morgan fingerprint density at radius 1 is 0.774 bits per heavy atom. The first-order valence-electron chi connectivity index (χ1n) is 9.82. The molecule has 3 rings (SSSR count). The lowest BCUT2D eigenvalue weighted by molar-refractivity contribution is -0.123. The second-order valence-corrected chi connectivity index (χ2v) is 6.86. The summed E-state index contributed by atoms with van der Waals surface area (Å²) in [5.74, 6) is -0.974. The van der Waals surface area contributed by atoms with Gasteiger partial charge in [-0.3, -0.25) is 14.4 Å². The molecule has 3 aromatic rings. The van der Waals surface area contributed by atoms with Gasteiger partial charge in [-0.2, -0.15) is 0 Å². The van der Waals surface area contributed by atoms with Crippen molar-refractivity contribution < 1.29 is 14.4 Å². The second kappa shape index (κ2) is 10.5. The van der Waals surface area contributed by atoms with E-state index in [1.54, 1.807) is 61.5 Å². The third kappa shape index (κ3) is 6.68. The maximum absolute atomic E-state index is 12.4. The minimum absolute atomic E-state index is 0.241. The lowest BCUT2D eigenvalue weighted by Crippen LogP contribution is -2.40. The standard InChI is InChI=1S/C25H23N3O3/c1-18(26-23(29)16-15-19-9-4-2-5-10-19)24(30)27-21-13-8-14-22(17-21)28-25(31)20-11-6-3-7-12-20/h2-18H,1H3,(H,26,29)(H,27,30)(H,28,31). The number of anilines is 2. The van der Waals surface area contributed by atoms with Crippen LogP contribution >= 0.6 is 0 Å². The molecule has 0 radical (unpaired) electrons. The van der Waals surface area contributed by atoms with Gasteiger partial charge >= 0.3 is 0 Å². The van der Waals surface area contributed by atoms with Crippen LogP contribution in [0.5, 0.6) is 0 Å². The van der Waals surface area contributed by atoms with E-state index in [0.717, 1.165) is 5.56 Å². The molecular weight excluding hydrogens is 390 g/mol. The summed E-state index contributed by atoms with van der Waals surface area (Å²) < 4.78 is 0. The molecule has 1 unspecified atom stereocenters. The molecule has 31 heavy (non-hydrogen) atoms. The van der Waals surface area contributed by atoms with Gasteiger partial charge in [-0.25, -0.2) is 0 Å². The highest BCUT2D eigenvalue weighted by atomic mass is 16.2. The number of benzene rings is 3. The van der Waals surface area contributed by atoms with E-state index in [0.29, 0.717) is 16.9 Å². The Morgan fingerprint density at radius 2 is 1.39 bits per heavy atom. The molecule has 3 amide bonds. The van der Waals surface area contributed by atoms with Crippen LogP contribution < -0.4 is 16.0 Å². The summed E-state index contributed by atoms with van der Waals surface area (Å²) >= 11 is 0. The predicted molar refractivity (Wildman–Crippen MR) is 123 cm³/mol. The van der Waals surface area contributed by atoms with E-state index in [1.165, 1.54) is 6.08 Å². The van der Waals surface area contributed by atoms with E-state index in [9.17, 15) is 14.4 Å². The van der Waals surface area contributed by atoms with Gasteiger partial charge in [0, 0.05) is 23.0 Å². The average molecular weight is 413 g/mol. The number of carbonyl (C=O) groups excluding carboxylic acids is 3. The lowest BCUT2D eigenvalue weighted by atomic mass is 10.2. The van der Waals surface area contributed by atoms with Crippen molar-refractivity contribution in [2.45, 2.75) is 13.0 Å². The van der Waals surface area contributed by atoms with Crippen LogP contribution in [0, 0.1) is 0 Å². The number of amides is 3. The SMILES string of the molecule is CC(NC(=O)C=Cc1ccccc1)C(=O)Nc1cccc(NC(=O)c2ccccc2)c1. The van der Waals surface area contributed by atoms with Crippen LogP contribution in [-0.4, -0.2) is 23.8 Å². The van der Waals surface area contributed by atoms with E-state index in [4.69, 9.17) is 0 Å². The van der Waals surface area contributed by atoms with Crippen molar-refractivity contribution in [2.75, 3.05) is 10.6 Å². The van der Waals surface area contributed by atoms with Gasteiger partial charge < -0.3 is 16.0 Å². The first-order valence-corrected chi connectivity index (χ1v) is 9.82. The largest absolute Gasteiger partial charge is 0.341 e. The van der Waals surface area contributed by atoms with Gasteiger partial charge in [0.05, 0.1) is 0 Å². The number of hydrogen-bond acceptors (Lipinski definition) is 3. The zero-order chi connectivity index (χ0) is 22.1. The topological polar surface area (TPSA) is 87.3 Å². The molecule has 0 aliphatic rings. The molecule has 6 heteroatoms. The van der Waals surface area contributed by atoms with Crippen LogP contribution in [0.1, 0.15) is 22.8 Å². The summed E-state index contributed by atoms with van der Waals surface area (Å²) in [5, 5.41) is 8.17. The fourth-order valence-electron chi connectivity index (χ4n) is 2.78. The Balaban J connectivity index is 1.54. The normalized spacial score (nSPS) is 11.5. The number of nitrogens with one attached hydrogen (secondary N) is 3. The van der Waals surface area contributed by atoms with Crippen LogP contribution in [0.15, 0.2) is 91.0 Å². The summed E-state index contributed by atoms with van der Waals surface area (Å²) in [5.41, 5.74) is 2.49. The Labute approximate surface area is 181 Å². The van der Waals surface area contributed by atoms with Gasteiger partial charge in [-0.05, 0) is 48.9 Å². The Bertz CT molecular complexity index is 1080. The molecule has 3 N–H and O–H groups in total. The molecule has 1 atom stereocenters. The van der Waals surface area contributed by atoms with Gasteiger partial charge in [-0.1, -0.05) is 54.6 Å². The Morgan fingerprint density at radius 3 is 2.06 bits per heavy atom. The Hall–Kier alpha value is -4.19. The van der Waals surface area contributed by atoms with Crippen molar-refractivity contribution in [1.82, 2.24) is 5.32 Å². The van der Waals surface area contributed by atoms with E-state index >= 15 is 0 Å². The number of carbonyl (C=O) groups is 3. The van der Waals surface area contributed by atoms with Gasteiger partial charge in [0.25, 0.3) is 5.91 Å². The zero-order valence-corrected chi connectivity index (χ0v) is 17.0. The molecule has 0 bridgehead atoms. The van der Waals surface area contributed by atoms with Crippen molar-refractivity contribution in [3.63, 3.8) is 0 Å². The van der Waals surface area contributed by atoms with Crippen molar-refractivity contribution in [2.24, 2.45) is 0 Å². The van der Waals surface area contributed by atoms with Crippen LogP contribution in [0.25, 0.3) is 6.08 Å². The average Bonchev–Trinajstić information content (AvgIpc) is 2.79. The van der Waals surface area contributed by atoms with Crippen LogP contribution in [0.3, 0.4) is 0 Å². The summed E-state index contributed by atoms with van der Waals surface area (Å²) in [6.07, 6.45) is 3.07. The molecule has 0 fully saturated rings. The molecule has 3 aromatic carbocycles. The smallest absolute Gasteiger partial charge is 0.255 e. The van der Waals surface area contributed by atoms with Crippen molar-refractivity contribution >= 4 is 35.2 Å². The maximum Gasteiger partial charge on any atom is 0.255 e. The zero-order valence-electron chi connectivity index (χ0n) is 17.0. The maximum atomic E-state index is 12.4. The molecule has 0 saturated carbocycles. The molecule has 0 heterocycles. The van der Waals surface area contributed by atoms with Crippen molar-refractivity contribution in [3.05, 3.63) is 102 Å². The summed E-state index contributed by atoms with van der Waals surface area (Å²) in [6.45, 7) is 1.60. The van der Waals surface area contributed by atoms with E-state index < -0.39 is 6.04 Å². The van der Waals surface area contributed by atoms with Gasteiger partial charge in [0.2, 0.25) is 11.8 Å². The van der Waals surface area contributed by atoms with Crippen molar-refractivity contribution in [1.29, 1.82) is 0 Å². The van der Waals surface area contributed by atoms with Crippen LogP contribution in [-0.2, 0) is 9.59 Å². The molecule has 0 spiro atoms. The molecular formula is C25H23N3O3. The third-order valence-electron chi connectivity index (χ3n) is 4.40. The van der Waals surface area contributed by atoms with E-state index in [1.807, 2.05) is 36.4 Å². The minimum Gasteiger partial charge on any atom is -0.341 e. The van der Waals surface area contributed by atoms with Crippen LogP contribution in [0.4, 0.5) is 11.4 Å². The summed E-state index contributed by atoms with van der Waals surface area (Å²) in [6, 6.07) is 24.3. The molecule has 156 valence electrons. The molecule has 0 aromatic heterocycles. The Kier molecular flexibility index (Phi) is 7.32. The fourth-order valence-corrected chi connectivity index (χ4v) is 2.78. The van der Waals surface area contributed by atoms with Crippen LogP contribution in [0.2, 0.25) is 0 Å². The number of rotatable bonds is 7. The predicted octanol–water partition coefficient (Wildman–Crippen LogP) is 4.10.